The van der Waals surface area contributed by atoms with Crippen LogP contribution in [0.3, 0.4) is 0 Å². The van der Waals surface area contributed by atoms with E-state index in [4.69, 9.17) is 0 Å². The Morgan fingerprint density at radius 3 is 2.57 bits per heavy atom. The fourth-order valence-electron chi connectivity index (χ4n) is 2.98. The third-order valence-corrected chi connectivity index (χ3v) is 4.20. The smallest absolute Gasteiger partial charge is 0.312 e. The van der Waals surface area contributed by atoms with Crippen LogP contribution in [0.1, 0.15) is 51.9 Å². The minimum absolute atomic E-state index is 0.0225. The number of rotatable bonds is 5. The Kier molecular flexibility index (Phi) is 5.36. The number of hydrogen-bond acceptors (Lipinski definition) is 3. The van der Waals surface area contributed by atoms with Gasteiger partial charge in [0.1, 0.15) is 5.82 Å². The first-order chi connectivity index (χ1) is 10.1. The molecule has 0 unspecified atom stereocenters. The van der Waals surface area contributed by atoms with Gasteiger partial charge in [0.25, 0.3) is 5.56 Å². The zero-order valence-corrected chi connectivity index (χ0v) is 12.4. The van der Waals surface area contributed by atoms with Gasteiger partial charge >= 0.3 is 5.69 Å². The lowest BCUT2D eigenvalue weighted by Crippen LogP contribution is -2.30. The summed E-state index contributed by atoms with van der Waals surface area (Å²) in [7, 11) is 0. The second kappa shape index (κ2) is 7.24. The largest absolute Gasteiger partial charge is 0.327 e. The zero-order valence-electron chi connectivity index (χ0n) is 12.4. The van der Waals surface area contributed by atoms with E-state index < -0.39 is 11.2 Å². The van der Waals surface area contributed by atoms with Crippen LogP contribution in [0.5, 0.6) is 0 Å². The zero-order chi connectivity index (χ0) is 15.2. The Morgan fingerprint density at radius 1 is 1.24 bits per heavy atom. The minimum Gasteiger partial charge on any atom is -0.312 e. The molecule has 1 aliphatic carbocycles. The fraction of sp³-hybridized carbons (Fsp3) is 0.667. The Morgan fingerprint density at radius 2 is 1.95 bits per heavy atom. The lowest BCUT2D eigenvalue weighted by Gasteiger charge is -2.27. The van der Waals surface area contributed by atoms with Gasteiger partial charge in [0.05, 0.1) is 0 Å². The van der Waals surface area contributed by atoms with Gasteiger partial charge in [0.15, 0.2) is 0 Å². The highest BCUT2D eigenvalue weighted by Crippen LogP contribution is 2.32. The number of unbranched alkanes of at least 4 members (excludes halogenated alkanes) is 1. The summed E-state index contributed by atoms with van der Waals surface area (Å²) in [6.45, 7) is 2.20. The normalized spacial score (nSPS) is 22.0. The fourth-order valence-corrected chi connectivity index (χ4v) is 2.98. The lowest BCUT2D eigenvalue weighted by molar-refractivity contribution is -0.121. The molecule has 1 amide bonds. The van der Waals surface area contributed by atoms with Crippen molar-refractivity contribution in [1.29, 1.82) is 0 Å². The number of anilines is 1. The van der Waals surface area contributed by atoms with Crippen LogP contribution < -0.4 is 16.6 Å². The predicted octanol–water partition coefficient (Wildman–Crippen LogP) is 2.00. The highest BCUT2D eigenvalue weighted by Gasteiger charge is 2.26. The number of hydrogen-bond donors (Lipinski definition) is 3. The molecule has 1 aliphatic rings. The molecule has 1 aromatic rings. The highest BCUT2D eigenvalue weighted by atomic mass is 16.2. The van der Waals surface area contributed by atoms with E-state index in [2.05, 4.69) is 22.2 Å². The van der Waals surface area contributed by atoms with Gasteiger partial charge < -0.3 is 5.32 Å². The molecule has 0 radical (unpaired) electrons. The van der Waals surface area contributed by atoms with Crippen molar-refractivity contribution >= 4 is 11.7 Å². The van der Waals surface area contributed by atoms with E-state index in [-0.39, 0.29) is 17.6 Å². The highest BCUT2D eigenvalue weighted by molar-refractivity contribution is 5.91. The van der Waals surface area contributed by atoms with Crippen molar-refractivity contribution in [2.45, 2.75) is 51.9 Å². The Balaban J connectivity index is 1.87. The first kappa shape index (κ1) is 15.5. The molecule has 1 aromatic heterocycles. The molecule has 116 valence electrons. The van der Waals surface area contributed by atoms with Gasteiger partial charge in [0, 0.05) is 12.0 Å². The van der Waals surface area contributed by atoms with Crippen molar-refractivity contribution in [3.63, 3.8) is 0 Å². The number of aromatic nitrogens is 2. The molecule has 1 saturated carbocycles. The molecule has 0 bridgehead atoms. The maximum atomic E-state index is 12.2. The van der Waals surface area contributed by atoms with Crippen LogP contribution in [0.2, 0.25) is 0 Å². The van der Waals surface area contributed by atoms with Crippen LogP contribution in [0.4, 0.5) is 5.82 Å². The second-order valence-corrected chi connectivity index (χ2v) is 5.85. The summed E-state index contributed by atoms with van der Waals surface area (Å²) in [5, 5.41) is 2.64. The molecule has 0 aromatic carbocycles. The van der Waals surface area contributed by atoms with Crippen molar-refractivity contribution in [3.8, 4) is 0 Å². The van der Waals surface area contributed by atoms with E-state index in [1.54, 1.807) is 0 Å². The monoisotopic (exact) mass is 293 g/mol. The SMILES string of the molecule is CCCCC1CCC(C(=O)Nc2cc(=O)[nH]c(=O)[nH]2)CC1. The molecule has 1 heterocycles. The van der Waals surface area contributed by atoms with Crippen molar-refractivity contribution in [2.24, 2.45) is 11.8 Å². The first-order valence-corrected chi connectivity index (χ1v) is 7.73. The Bertz CT molecular complexity index is 554. The molecule has 3 N–H and O–H groups in total. The van der Waals surface area contributed by atoms with Crippen LogP contribution in [-0.4, -0.2) is 15.9 Å². The summed E-state index contributed by atoms with van der Waals surface area (Å²) in [6, 6.07) is 1.19. The summed E-state index contributed by atoms with van der Waals surface area (Å²) < 4.78 is 0. The summed E-state index contributed by atoms with van der Waals surface area (Å²) in [5.41, 5.74) is -1.13. The molecule has 6 nitrogen and oxygen atoms in total. The maximum Gasteiger partial charge on any atom is 0.327 e. The molecule has 6 heteroatoms. The average molecular weight is 293 g/mol. The molecule has 1 fully saturated rings. The molecule has 0 aliphatic heterocycles. The number of carbonyl (C=O) groups is 1. The molecule has 0 atom stereocenters. The van der Waals surface area contributed by atoms with Gasteiger partial charge in [-0.3, -0.25) is 19.6 Å². The number of aromatic amines is 2. The number of H-pyrrole nitrogens is 2. The summed E-state index contributed by atoms with van der Waals surface area (Å²) in [5.74, 6) is 0.783. The second-order valence-electron chi connectivity index (χ2n) is 5.85. The third kappa shape index (κ3) is 4.58. The van der Waals surface area contributed by atoms with Gasteiger partial charge in [-0.25, -0.2) is 4.79 Å². The first-order valence-electron chi connectivity index (χ1n) is 7.73. The molecule has 0 spiro atoms. The van der Waals surface area contributed by atoms with E-state index in [1.807, 2.05) is 0 Å². The number of carbonyl (C=O) groups excluding carboxylic acids is 1. The van der Waals surface area contributed by atoms with Crippen molar-refractivity contribution < 1.29 is 4.79 Å². The third-order valence-electron chi connectivity index (χ3n) is 4.20. The van der Waals surface area contributed by atoms with Crippen LogP contribution in [0.25, 0.3) is 0 Å². The predicted molar refractivity (Wildman–Crippen MR) is 81.3 cm³/mol. The topological polar surface area (TPSA) is 94.8 Å². The van der Waals surface area contributed by atoms with Gasteiger partial charge in [-0.2, -0.15) is 0 Å². The molecule has 0 saturated heterocycles. The molecule has 2 rings (SSSR count). The Labute approximate surface area is 123 Å². The molecular formula is C15H23N3O3. The van der Waals surface area contributed by atoms with E-state index in [0.717, 1.165) is 31.6 Å². The lowest BCUT2D eigenvalue weighted by atomic mass is 9.79. The van der Waals surface area contributed by atoms with E-state index in [9.17, 15) is 14.4 Å². The standard InChI is InChI=1S/C15H23N3O3/c1-2-3-4-10-5-7-11(8-6-10)14(20)16-12-9-13(19)18-15(21)17-12/h9-11H,2-8H2,1H3,(H3,16,17,18,19,20,21). The van der Waals surface area contributed by atoms with Crippen molar-refractivity contribution in [1.82, 2.24) is 9.97 Å². The van der Waals surface area contributed by atoms with Crippen LogP contribution in [0.15, 0.2) is 15.7 Å². The Hall–Kier alpha value is -1.85. The van der Waals surface area contributed by atoms with Gasteiger partial charge in [-0.05, 0) is 31.6 Å². The number of nitrogens with one attached hydrogen (secondary N) is 3. The van der Waals surface area contributed by atoms with Gasteiger partial charge in [-0.15, -0.1) is 0 Å². The molecule has 21 heavy (non-hydrogen) atoms. The van der Waals surface area contributed by atoms with Gasteiger partial charge in [-0.1, -0.05) is 26.2 Å². The van der Waals surface area contributed by atoms with Crippen LogP contribution >= 0.6 is 0 Å². The number of amides is 1. The average Bonchev–Trinajstić information content (AvgIpc) is 2.44. The van der Waals surface area contributed by atoms with Gasteiger partial charge in [0.2, 0.25) is 5.91 Å². The maximum absolute atomic E-state index is 12.2. The summed E-state index contributed by atoms with van der Waals surface area (Å²) in [4.78, 5) is 39.0. The minimum atomic E-state index is -0.610. The van der Waals surface area contributed by atoms with Crippen LogP contribution in [-0.2, 0) is 4.79 Å². The van der Waals surface area contributed by atoms with Crippen molar-refractivity contribution in [2.75, 3.05) is 5.32 Å². The summed E-state index contributed by atoms with van der Waals surface area (Å²) >= 11 is 0. The van der Waals surface area contributed by atoms with Crippen LogP contribution in [0, 0.1) is 11.8 Å². The quantitative estimate of drug-likeness (QED) is 0.775. The van der Waals surface area contributed by atoms with E-state index >= 15 is 0 Å². The molecular weight excluding hydrogens is 270 g/mol. The summed E-state index contributed by atoms with van der Waals surface area (Å²) in [6.07, 6.45) is 7.67. The van der Waals surface area contributed by atoms with E-state index in [0.29, 0.717) is 0 Å². The van der Waals surface area contributed by atoms with E-state index in [1.165, 1.54) is 25.3 Å². The van der Waals surface area contributed by atoms with Crippen molar-refractivity contribution in [3.05, 3.63) is 26.9 Å².